The van der Waals surface area contributed by atoms with Crippen LogP contribution >= 0.6 is 11.6 Å². The number of aromatic nitrogens is 2. The van der Waals surface area contributed by atoms with Gasteiger partial charge in [-0.1, -0.05) is 23.7 Å². The van der Waals surface area contributed by atoms with E-state index in [1.807, 2.05) is 37.7 Å². The van der Waals surface area contributed by atoms with E-state index in [0.29, 0.717) is 24.6 Å². The highest BCUT2D eigenvalue weighted by molar-refractivity contribution is 6.30. The SMILES string of the molecule is Cc1cc(C2CCC(N3CC(C(C)(C)O)OC[C@@H]3Cc3ccc(Cl)cc3)CC2)nn1C. The van der Waals surface area contributed by atoms with Gasteiger partial charge in [-0.05, 0) is 76.6 Å². The third-order valence-corrected chi connectivity index (χ3v) is 7.48. The first-order chi connectivity index (χ1) is 14.7. The summed E-state index contributed by atoms with van der Waals surface area (Å²) in [5.41, 5.74) is 2.91. The first-order valence-electron chi connectivity index (χ1n) is 11.6. The van der Waals surface area contributed by atoms with Gasteiger partial charge in [-0.25, -0.2) is 0 Å². The molecule has 0 radical (unpaired) electrons. The summed E-state index contributed by atoms with van der Waals surface area (Å²) in [6, 6.07) is 11.2. The van der Waals surface area contributed by atoms with Gasteiger partial charge in [-0.2, -0.15) is 5.10 Å². The molecule has 1 saturated heterocycles. The molecule has 0 bridgehead atoms. The van der Waals surface area contributed by atoms with Gasteiger partial charge in [0.2, 0.25) is 0 Å². The summed E-state index contributed by atoms with van der Waals surface area (Å²) >= 11 is 6.08. The third-order valence-electron chi connectivity index (χ3n) is 7.22. The Morgan fingerprint density at radius 3 is 2.42 bits per heavy atom. The second kappa shape index (κ2) is 9.22. The predicted molar refractivity (Wildman–Crippen MR) is 125 cm³/mol. The number of morpholine rings is 1. The van der Waals surface area contributed by atoms with Gasteiger partial charge in [0.15, 0.2) is 0 Å². The van der Waals surface area contributed by atoms with Gasteiger partial charge in [0.25, 0.3) is 0 Å². The number of benzene rings is 1. The van der Waals surface area contributed by atoms with Crippen LogP contribution in [0.15, 0.2) is 30.3 Å². The summed E-state index contributed by atoms with van der Waals surface area (Å²) in [6.45, 7) is 7.26. The maximum absolute atomic E-state index is 10.6. The normalized spacial score (nSPS) is 28.1. The maximum atomic E-state index is 10.6. The molecule has 1 saturated carbocycles. The highest BCUT2D eigenvalue weighted by Gasteiger charge is 2.40. The van der Waals surface area contributed by atoms with Crippen molar-refractivity contribution < 1.29 is 9.84 Å². The van der Waals surface area contributed by atoms with Crippen LogP contribution in [0, 0.1) is 6.92 Å². The van der Waals surface area contributed by atoms with Crippen molar-refractivity contribution >= 4 is 11.6 Å². The summed E-state index contributed by atoms with van der Waals surface area (Å²) in [4.78, 5) is 2.63. The lowest BCUT2D eigenvalue weighted by Gasteiger charge is -2.48. The van der Waals surface area contributed by atoms with Crippen molar-refractivity contribution in [2.45, 2.75) is 82.6 Å². The van der Waals surface area contributed by atoms with E-state index < -0.39 is 5.60 Å². The number of hydrogen-bond donors (Lipinski definition) is 1. The molecule has 1 unspecified atom stereocenters. The monoisotopic (exact) mass is 445 g/mol. The number of rotatable bonds is 5. The first kappa shape index (κ1) is 22.8. The molecule has 0 amide bonds. The van der Waals surface area contributed by atoms with Crippen LogP contribution in [0.3, 0.4) is 0 Å². The molecule has 5 nitrogen and oxygen atoms in total. The Morgan fingerprint density at radius 1 is 1.16 bits per heavy atom. The molecule has 1 aliphatic heterocycles. The summed E-state index contributed by atoms with van der Waals surface area (Å²) < 4.78 is 8.13. The number of aryl methyl sites for hydroxylation is 2. The first-order valence-corrected chi connectivity index (χ1v) is 11.9. The fourth-order valence-corrected chi connectivity index (χ4v) is 5.28. The van der Waals surface area contributed by atoms with Crippen molar-refractivity contribution in [1.82, 2.24) is 14.7 Å². The molecule has 6 heteroatoms. The lowest BCUT2D eigenvalue weighted by molar-refractivity contribution is -0.155. The van der Waals surface area contributed by atoms with Crippen LogP contribution in [-0.4, -0.2) is 56.7 Å². The van der Waals surface area contributed by atoms with Gasteiger partial charge in [0.05, 0.1) is 24.0 Å². The summed E-state index contributed by atoms with van der Waals surface area (Å²) in [5.74, 6) is 0.553. The van der Waals surface area contributed by atoms with E-state index in [1.54, 1.807) is 0 Å². The van der Waals surface area contributed by atoms with Crippen molar-refractivity contribution in [3.05, 3.63) is 52.3 Å². The van der Waals surface area contributed by atoms with Crippen LogP contribution in [-0.2, 0) is 18.2 Å². The molecule has 2 aliphatic rings. The molecule has 2 fully saturated rings. The van der Waals surface area contributed by atoms with Gasteiger partial charge in [0.1, 0.15) is 0 Å². The van der Waals surface area contributed by atoms with Crippen molar-refractivity contribution in [2.75, 3.05) is 13.2 Å². The molecule has 31 heavy (non-hydrogen) atoms. The minimum absolute atomic E-state index is 0.162. The van der Waals surface area contributed by atoms with Crippen LogP contribution < -0.4 is 0 Å². The van der Waals surface area contributed by atoms with E-state index in [-0.39, 0.29) is 6.10 Å². The standard InChI is InChI=1S/C25H36ClN3O2/c1-17-13-23(27-28(17)4)19-7-11-21(12-8-19)29-15-24(25(2,3)30)31-16-22(29)14-18-5-9-20(26)10-6-18/h5-6,9-10,13,19,21-22,24,30H,7-8,11-12,14-16H2,1-4H3/t19?,21?,22-,24?/m0/s1. The molecule has 170 valence electrons. The van der Waals surface area contributed by atoms with Crippen molar-refractivity contribution in [1.29, 1.82) is 0 Å². The average Bonchev–Trinajstić information content (AvgIpc) is 3.08. The van der Waals surface area contributed by atoms with Gasteiger partial charge in [0, 0.05) is 42.3 Å². The lowest BCUT2D eigenvalue weighted by Crippen LogP contribution is -2.59. The van der Waals surface area contributed by atoms with E-state index in [0.717, 1.165) is 30.8 Å². The molecular formula is C25H36ClN3O2. The molecule has 0 spiro atoms. The fourth-order valence-electron chi connectivity index (χ4n) is 5.15. The molecule has 1 N–H and O–H groups in total. The largest absolute Gasteiger partial charge is 0.388 e. The molecule has 4 rings (SSSR count). The van der Waals surface area contributed by atoms with Crippen molar-refractivity contribution in [3.63, 3.8) is 0 Å². The van der Waals surface area contributed by atoms with Crippen LogP contribution in [0.25, 0.3) is 0 Å². The third kappa shape index (κ3) is 5.33. The van der Waals surface area contributed by atoms with Gasteiger partial charge in [-0.3, -0.25) is 9.58 Å². The zero-order valence-corrected chi connectivity index (χ0v) is 20.0. The summed E-state index contributed by atoms with van der Waals surface area (Å²) in [6.07, 6.45) is 5.44. The predicted octanol–water partition coefficient (Wildman–Crippen LogP) is 4.49. The van der Waals surface area contributed by atoms with E-state index in [4.69, 9.17) is 21.4 Å². The summed E-state index contributed by atoms with van der Waals surface area (Å²) in [7, 11) is 2.02. The topological polar surface area (TPSA) is 50.5 Å². The fraction of sp³-hybridized carbons (Fsp3) is 0.640. The van der Waals surface area contributed by atoms with Gasteiger partial charge in [-0.15, -0.1) is 0 Å². The number of halogens is 1. The number of hydrogen-bond acceptors (Lipinski definition) is 4. The second-order valence-corrected chi connectivity index (χ2v) is 10.4. The summed E-state index contributed by atoms with van der Waals surface area (Å²) in [5, 5.41) is 16.1. The van der Waals surface area contributed by atoms with Crippen LogP contribution in [0.5, 0.6) is 0 Å². The van der Waals surface area contributed by atoms with Gasteiger partial charge >= 0.3 is 0 Å². The smallest absolute Gasteiger partial charge is 0.0983 e. The average molecular weight is 446 g/mol. The highest BCUT2D eigenvalue weighted by atomic mass is 35.5. The van der Waals surface area contributed by atoms with Crippen LogP contribution in [0.4, 0.5) is 0 Å². The Balaban J connectivity index is 1.46. The Hall–Kier alpha value is -1.40. The van der Waals surface area contributed by atoms with E-state index in [2.05, 4.69) is 30.0 Å². The quantitative estimate of drug-likeness (QED) is 0.736. The number of nitrogens with zero attached hydrogens (tertiary/aromatic N) is 3. The number of ether oxygens (including phenoxy) is 1. The van der Waals surface area contributed by atoms with E-state index >= 15 is 0 Å². The van der Waals surface area contributed by atoms with Crippen molar-refractivity contribution in [2.24, 2.45) is 7.05 Å². The highest BCUT2D eigenvalue weighted by Crippen LogP contribution is 2.37. The molecular weight excluding hydrogens is 410 g/mol. The molecule has 1 aromatic heterocycles. The molecule has 2 heterocycles. The Kier molecular flexibility index (Phi) is 6.78. The number of aliphatic hydroxyl groups is 1. The second-order valence-electron chi connectivity index (χ2n) is 10.00. The maximum Gasteiger partial charge on any atom is 0.0983 e. The molecule has 1 aliphatic carbocycles. The molecule has 2 aromatic rings. The van der Waals surface area contributed by atoms with Crippen LogP contribution in [0.1, 0.15) is 62.4 Å². The van der Waals surface area contributed by atoms with E-state index in [9.17, 15) is 5.11 Å². The Labute approximate surface area is 191 Å². The van der Waals surface area contributed by atoms with Gasteiger partial charge < -0.3 is 9.84 Å². The molecule has 2 atom stereocenters. The minimum atomic E-state index is -0.841. The zero-order valence-electron chi connectivity index (χ0n) is 19.2. The Bertz CT molecular complexity index is 846. The van der Waals surface area contributed by atoms with Crippen LogP contribution in [0.2, 0.25) is 5.02 Å². The minimum Gasteiger partial charge on any atom is -0.388 e. The van der Waals surface area contributed by atoms with E-state index in [1.165, 1.54) is 29.8 Å². The lowest BCUT2D eigenvalue weighted by atomic mass is 9.82. The van der Waals surface area contributed by atoms with Crippen molar-refractivity contribution in [3.8, 4) is 0 Å². The molecule has 1 aromatic carbocycles. The zero-order chi connectivity index (χ0) is 22.2. The Morgan fingerprint density at radius 2 is 1.84 bits per heavy atom.